The number of nitrogens with two attached hydrogens (primary N) is 1. The van der Waals surface area contributed by atoms with Gasteiger partial charge in [-0.3, -0.25) is 4.79 Å². The SMILES string of the molecule is Cc1ccc(-c2cn3c(n2)CN(C(=O)C[C@H](N)Cc2ccc(F)c(F)c2)CC3)cc1. The van der Waals surface area contributed by atoms with Crippen LogP contribution in [0, 0.1) is 18.6 Å². The van der Waals surface area contributed by atoms with E-state index in [-0.39, 0.29) is 12.3 Å². The largest absolute Gasteiger partial charge is 0.333 e. The zero-order chi connectivity index (χ0) is 21.3. The van der Waals surface area contributed by atoms with Crippen LogP contribution in [0.3, 0.4) is 0 Å². The molecule has 2 N–H and O–H groups in total. The fourth-order valence-electron chi connectivity index (χ4n) is 3.72. The highest BCUT2D eigenvalue weighted by molar-refractivity contribution is 5.77. The van der Waals surface area contributed by atoms with Gasteiger partial charge in [0.1, 0.15) is 5.82 Å². The fraction of sp³-hybridized carbons (Fsp3) is 0.304. The van der Waals surface area contributed by atoms with Crippen molar-refractivity contribution in [3.8, 4) is 11.3 Å². The molecule has 0 radical (unpaired) electrons. The molecule has 1 aliphatic heterocycles. The van der Waals surface area contributed by atoms with Crippen LogP contribution in [0.1, 0.15) is 23.4 Å². The third-order valence-electron chi connectivity index (χ3n) is 5.42. The topological polar surface area (TPSA) is 64.2 Å². The van der Waals surface area contributed by atoms with E-state index in [0.717, 1.165) is 29.2 Å². The van der Waals surface area contributed by atoms with Crippen molar-refractivity contribution in [1.29, 1.82) is 0 Å². The number of hydrogen-bond donors (Lipinski definition) is 1. The number of halogens is 2. The summed E-state index contributed by atoms with van der Waals surface area (Å²) in [6, 6.07) is 11.4. The highest BCUT2D eigenvalue weighted by Crippen LogP contribution is 2.22. The summed E-state index contributed by atoms with van der Waals surface area (Å²) in [4.78, 5) is 19.2. The number of fused-ring (bicyclic) bond motifs is 1. The van der Waals surface area contributed by atoms with E-state index in [2.05, 4.69) is 16.7 Å². The van der Waals surface area contributed by atoms with Gasteiger partial charge in [-0.1, -0.05) is 35.9 Å². The molecule has 0 aliphatic carbocycles. The number of benzene rings is 2. The molecule has 3 aromatic rings. The summed E-state index contributed by atoms with van der Waals surface area (Å²) in [7, 11) is 0. The molecule has 0 unspecified atom stereocenters. The third kappa shape index (κ3) is 4.41. The first kappa shape index (κ1) is 20.2. The lowest BCUT2D eigenvalue weighted by Crippen LogP contribution is -2.41. The van der Waals surface area contributed by atoms with Gasteiger partial charge in [0.05, 0.1) is 12.2 Å². The molecule has 156 valence electrons. The Balaban J connectivity index is 1.38. The Morgan fingerprint density at radius 2 is 1.90 bits per heavy atom. The molecule has 0 spiro atoms. The second-order valence-corrected chi connectivity index (χ2v) is 7.83. The molecular formula is C23H24F2N4O. The first-order valence-electron chi connectivity index (χ1n) is 9.99. The van der Waals surface area contributed by atoms with Crippen molar-refractivity contribution in [2.75, 3.05) is 6.54 Å². The fourth-order valence-corrected chi connectivity index (χ4v) is 3.72. The first-order chi connectivity index (χ1) is 14.4. The Kier molecular flexibility index (Phi) is 5.63. The van der Waals surface area contributed by atoms with Gasteiger partial charge in [0.25, 0.3) is 0 Å². The van der Waals surface area contributed by atoms with Gasteiger partial charge >= 0.3 is 0 Å². The molecule has 30 heavy (non-hydrogen) atoms. The summed E-state index contributed by atoms with van der Waals surface area (Å²) >= 11 is 0. The Morgan fingerprint density at radius 3 is 2.63 bits per heavy atom. The lowest BCUT2D eigenvalue weighted by Gasteiger charge is -2.28. The molecule has 0 bridgehead atoms. The van der Waals surface area contributed by atoms with Gasteiger partial charge in [0, 0.05) is 37.3 Å². The van der Waals surface area contributed by atoms with Crippen molar-refractivity contribution in [2.45, 2.75) is 38.9 Å². The number of hydrogen-bond acceptors (Lipinski definition) is 3. The van der Waals surface area contributed by atoms with E-state index >= 15 is 0 Å². The second-order valence-electron chi connectivity index (χ2n) is 7.83. The number of nitrogens with zero attached hydrogens (tertiary/aromatic N) is 3. The van der Waals surface area contributed by atoms with Crippen LogP contribution < -0.4 is 5.73 Å². The number of carbonyl (C=O) groups excluding carboxylic acids is 1. The molecule has 0 saturated carbocycles. The Bertz CT molecular complexity index is 1060. The van der Waals surface area contributed by atoms with E-state index in [9.17, 15) is 13.6 Å². The maximum absolute atomic E-state index is 13.4. The summed E-state index contributed by atoms with van der Waals surface area (Å²) in [5.74, 6) is -1.01. The summed E-state index contributed by atoms with van der Waals surface area (Å²) < 4.78 is 28.5. The van der Waals surface area contributed by atoms with E-state index in [4.69, 9.17) is 10.7 Å². The average molecular weight is 410 g/mol. The van der Waals surface area contributed by atoms with Crippen LogP contribution >= 0.6 is 0 Å². The first-order valence-corrected chi connectivity index (χ1v) is 9.99. The zero-order valence-corrected chi connectivity index (χ0v) is 16.8. The Morgan fingerprint density at radius 1 is 1.13 bits per heavy atom. The van der Waals surface area contributed by atoms with Gasteiger partial charge in [-0.2, -0.15) is 0 Å². The molecule has 0 fully saturated rings. The van der Waals surface area contributed by atoms with E-state index < -0.39 is 17.7 Å². The van der Waals surface area contributed by atoms with Gasteiger partial charge in [-0.25, -0.2) is 13.8 Å². The summed E-state index contributed by atoms with van der Waals surface area (Å²) in [5.41, 5.74) is 9.82. The molecule has 5 nitrogen and oxygen atoms in total. The van der Waals surface area contributed by atoms with Crippen LogP contribution in [-0.4, -0.2) is 32.9 Å². The van der Waals surface area contributed by atoms with Crippen LogP contribution in [0.4, 0.5) is 8.78 Å². The predicted octanol–water partition coefficient (Wildman–Crippen LogP) is 3.44. The molecule has 2 aromatic carbocycles. The van der Waals surface area contributed by atoms with Crippen molar-refractivity contribution in [1.82, 2.24) is 14.5 Å². The number of carbonyl (C=O) groups is 1. The molecule has 1 aliphatic rings. The number of aromatic nitrogens is 2. The molecule has 7 heteroatoms. The van der Waals surface area contributed by atoms with Crippen molar-refractivity contribution >= 4 is 5.91 Å². The van der Waals surface area contributed by atoms with Crippen LogP contribution in [0.2, 0.25) is 0 Å². The quantitative estimate of drug-likeness (QED) is 0.701. The minimum absolute atomic E-state index is 0.0591. The van der Waals surface area contributed by atoms with Crippen molar-refractivity contribution in [3.05, 3.63) is 77.2 Å². The van der Waals surface area contributed by atoms with Crippen LogP contribution in [-0.2, 0) is 24.3 Å². The molecule has 0 saturated heterocycles. The predicted molar refractivity (Wildman–Crippen MR) is 110 cm³/mol. The molecular weight excluding hydrogens is 386 g/mol. The number of imidazole rings is 1. The number of rotatable bonds is 5. The Hall–Kier alpha value is -3.06. The van der Waals surface area contributed by atoms with E-state index in [1.807, 2.05) is 25.3 Å². The van der Waals surface area contributed by atoms with Crippen LogP contribution in [0.5, 0.6) is 0 Å². The van der Waals surface area contributed by atoms with Crippen molar-refractivity contribution in [3.63, 3.8) is 0 Å². The van der Waals surface area contributed by atoms with Crippen LogP contribution in [0.15, 0.2) is 48.7 Å². The highest BCUT2D eigenvalue weighted by Gasteiger charge is 2.24. The maximum Gasteiger partial charge on any atom is 0.224 e. The molecule has 4 rings (SSSR count). The maximum atomic E-state index is 13.4. The normalized spacial score (nSPS) is 14.5. The van der Waals surface area contributed by atoms with Crippen LogP contribution in [0.25, 0.3) is 11.3 Å². The van der Waals surface area contributed by atoms with E-state index in [1.54, 1.807) is 4.90 Å². The average Bonchev–Trinajstić information content (AvgIpc) is 3.14. The third-order valence-corrected chi connectivity index (χ3v) is 5.42. The van der Waals surface area contributed by atoms with Gasteiger partial charge in [-0.05, 0) is 31.0 Å². The minimum Gasteiger partial charge on any atom is -0.333 e. The van der Waals surface area contributed by atoms with Crippen molar-refractivity contribution < 1.29 is 13.6 Å². The monoisotopic (exact) mass is 410 g/mol. The molecule has 2 heterocycles. The summed E-state index contributed by atoms with van der Waals surface area (Å²) in [6.07, 6.45) is 2.48. The Labute approximate surface area is 174 Å². The lowest BCUT2D eigenvalue weighted by molar-refractivity contribution is -0.133. The van der Waals surface area contributed by atoms with Gasteiger partial charge in [-0.15, -0.1) is 0 Å². The van der Waals surface area contributed by atoms with Gasteiger partial charge < -0.3 is 15.2 Å². The molecule has 1 atom stereocenters. The van der Waals surface area contributed by atoms with Gasteiger partial charge in [0.2, 0.25) is 5.91 Å². The highest BCUT2D eigenvalue weighted by atomic mass is 19.2. The van der Waals surface area contributed by atoms with Gasteiger partial charge in [0.15, 0.2) is 11.6 Å². The van der Waals surface area contributed by atoms with E-state index in [0.29, 0.717) is 31.6 Å². The zero-order valence-electron chi connectivity index (χ0n) is 16.8. The lowest BCUT2D eigenvalue weighted by atomic mass is 10.0. The second kappa shape index (κ2) is 8.36. The van der Waals surface area contributed by atoms with E-state index in [1.165, 1.54) is 11.6 Å². The minimum atomic E-state index is -0.904. The number of amides is 1. The summed E-state index contributed by atoms with van der Waals surface area (Å²) in [5, 5.41) is 0. The summed E-state index contributed by atoms with van der Waals surface area (Å²) in [6.45, 7) is 3.75. The standard InChI is InChI=1S/C23H24F2N4O/c1-15-2-5-17(6-3-15)21-13-28-8-9-29(14-22(28)27-21)23(30)12-18(26)10-16-4-7-19(24)20(25)11-16/h2-7,11,13,18H,8-10,12,14,26H2,1H3/t18-/m1/s1. The molecule has 1 amide bonds. The smallest absolute Gasteiger partial charge is 0.224 e. The van der Waals surface area contributed by atoms with Crippen molar-refractivity contribution in [2.24, 2.45) is 5.73 Å². The molecule has 1 aromatic heterocycles. The number of aryl methyl sites for hydroxylation is 1.